The second-order valence-corrected chi connectivity index (χ2v) is 9.11. The molecule has 0 saturated heterocycles. The Morgan fingerprint density at radius 1 is 1.24 bits per heavy atom. The van der Waals surface area contributed by atoms with Crippen LogP contribution in [0.1, 0.15) is 30.3 Å². The first kappa shape index (κ1) is 28.0. The van der Waals surface area contributed by atoms with Crippen molar-refractivity contribution < 1.29 is 18.3 Å². The number of aromatic nitrogens is 1. The number of carbonyl (C=O) groups is 1. The van der Waals surface area contributed by atoms with Crippen molar-refractivity contribution in [2.24, 2.45) is 10.7 Å². The minimum Gasteiger partial charge on any atom is -0.489 e. The first-order valence-electron chi connectivity index (χ1n) is 12.1. The van der Waals surface area contributed by atoms with Crippen molar-refractivity contribution in [3.8, 4) is 5.75 Å². The van der Waals surface area contributed by atoms with Gasteiger partial charge in [-0.1, -0.05) is 12.2 Å². The molecule has 0 aliphatic carbocycles. The number of hydrogen-bond donors (Lipinski definition) is 2. The van der Waals surface area contributed by atoms with Crippen LogP contribution in [0.5, 0.6) is 5.75 Å². The van der Waals surface area contributed by atoms with Crippen LogP contribution < -0.4 is 15.8 Å². The van der Waals surface area contributed by atoms with Crippen molar-refractivity contribution in [1.82, 2.24) is 14.8 Å². The van der Waals surface area contributed by atoms with Crippen LogP contribution in [0.2, 0.25) is 0 Å². The van der Waals surface area contributed by atoms with Gasteiger partial charge >= 0.3 is 0 Å². The van der Waals surface area contributed by atoms with E-state index < -0.39 is 11.6 Å². The number of hydrogen-bond acceptors (Lipinski definition) is 6. The molecule has 1 aromatic heterocycles. The zero-order valence-electron chi connectivity index (χ0n) is 22.1. The number of nitrogens with one attached hydrogen (secondary N) is 1. The van der Waals surface area contributed by atoms with E-state index in [1.807, 2.05) is 37.5 Å². The number of halogens is 2. The molecule has 0 bridgehead atoms. The van der Waals surface area contributed by atoms with Gasteiger partial charge in [-0.05, 0) is 52.3 Å². The summed E-state index contributed by atoms with van der Waals surface area (Å²) in [5.41, 5.74) is 10.6. The fourth-order valence-corrected chi connectivity index (χ4v) is 4.18. The van der Waals surface area contributed by atoms with E-state index in [0.29, 0.717) is 35.4 Å². The third-order valence-corrected chi connectivity index (χ3v) is 6.15. The van der Waals surface area contributed by atoms with Gasteiger partial charge in [-0.3, -0.25) is 9.79 Å². The third-order valence-electron chi connectivity index (χ3n) is 6.15. The maximum absolute atomic E-state index is 15.0. The van der Waals surface area contributed by atoms with E-state index in [0.717, 1.165) is 17.5 Å². The van der Waals surface area contributed by atoms with Gasteiger partial charge in [-0.25, -0.2) is 4.39 Å². The summed E-state index contributed by atoms with van der Waals surface area (Å²) in [7, 11) is 7.03. The van der Waals surface area contributed by atoms with Gasteiger partial charge in [0.1, 0.15) is 0 Å². The lowest BCUT2D eigenvalue weighted by Crippen LogP contribution is -2.28. The summed E-state index contributed by atoms with van der Waals surface area (Å²) in [4.78, 5) is 18.4. The number of nitrogens with zero attached hydrogens (tertiary/aromatic N) is 3. The first-order valence-corrected chi connectivity index (χ1v) is 12.1. The summed E-state index contributed by atoms with van der Waals surface area (Å²) in [6.45, 7) is 2.53. The van der Waals surface area contributed by atoms with Crippen LogP contribution in [-0.2, 0) is 17.8 Å². The van der Waals surface area contributed by atoms with Crippen LogP contribution >= 0.6 is 0 Å². The zero-order chi connectivity index (χ0) is 27.1. The van der Waals surface area contributed by atoms with Crippen molar-refractivity contribution in [2.45, 2.75) is 26.3 Å². The van der Waals surface area contributed by atoms with E-state index in [9.17, 15) is 9.18 Å². The van der Waals surface area contributed by atoms with Crippen LogP contribution in [0, 0.1) is 11.6 Å². The van der Waals surface area contributed by atoms with E-state index in [2.05, 4.69) is 14.9 Å². The van der Waals surface area contributed by atoms with Gasteiger partial charge < -0.3 is 25.3 Å². The summed E-state index contributed by atoms with van der Waals surface area (Å²) in [6.07, 6.45) is 6.67. The number of rotatable bonds is 11. The Balaban J connectivity index is 1.94. The van der Waals surface area contributed by atoms with E-state index in [4.69, 9.17) is 10.5 Å². The van der Waals surface area contributed by atoms with E-state index in [1.165, 1.54) is 6.07 Å². The van der Waals surface area contributed by atoms with E-state index in [1.54, 1.807) is 33.0 Å². The number of benzene rings is 1. The number of Topliss-reactive ketones (excluding diaryl/α,β-unsaturated/α-hetero) is 1. The van der Waals surface area contributed by atoms with Gasteiger partial charge in [-0.15, -0.1) is 0 Å². The molecule has 1 aliphatic rings. The van der Waals surface area contributed by atoms with Crippen LogP contribution in [0.25, 0.3) is 11.8 Å². The molecule has 0 spiro atoms. The molecule has 0 atom stereocenters. The van der Waals surface area contributed by atoms with Gasteiger partial charge in [0.05, 0.1) is 18.8 Å². The molecule has 2 heterocycles. The molecule has 9 heteroatoms. The minimum absolute atomic E-state index is 0.0255. The molecule has 0 unspecified atom stereocenters. The standard InChI is InChI=1S/C28H35F2N5O2/c1-18(33-3)22(27(31)25(36)17-34(4)5)13-14-37-28-23(11-12-24(29)26(28)30)19-7-6-8-20-9-10-21(15-32-2)35(20)16-19/h6-7,9-12,16,32H,8,13-15,17,31H2,1-5H3/b27-22-,33-18?. The van der Waals surface area contributed by atoms with E-state index >= 15 is 4.39 Å². The Morgan fingerprint density at radius 2 is 2.00 bits per heavy atom. The van der Waals surface area contributed by atoms with Crippen molar-refractivity contribution in [3.63, 3.8) is 0 Å². The van der Waals surface area contributed by atoms with Crippen molar-refractivity contribution in [3.05, 3.63) is 76.3 Å². The minimum atomic E-state index is -1.07. The Bertz CT molecular complexity index is 1270. The SMILES string of the molecule is CN=C(C)/C(CCOc1c(C2=Cn3c(ccc3CNC)CC=C2)ccc(F)c1F)=C(\N)C(=O)CN(C)C. The van der Waals surface area contributed by atoms with Gasteiger partial charge in [0.15, 0.2) is 17.3 Å². The molecule has 7 nitrogen and oxygen atoms in total. The molecular weight excluding hydrogens is 476 g/mol. The lowest BCUT2D eigenvalue weighted by atomic mass is 10.0. The van der Waals surface area contributed by atoms with E-state index in [-0.39, 0.29) is 36.8 Å². The van der Waals surface area contributed by atoms with Crippen LogP contribution in [0.4, 0.5) is 8.78 Å². The number of carbonyl (C=O) groups excluding carboxylic acids is 1. The predicted molar refractivity (Wildman–Crippen MR) is 144 cm³/mol. The quantitative estimate of drug-likeness (QED) is 0.354. The Morgan fingerprint density at radius 3 is 2.68 bits per heavy atom. The molecule has 37 heavy (non-hydrogen) atoms. The van der Waals surface area contributed by atoms with Crippen molar-refractivity contribution in [1.29, 1.82) is 0 Å². The summed E-state index contributed by atoms with van der Waals surface area (Å²) >= 11 is 0. The third kappa shape index (κ3) is 6.61. The number of fused-ring (bicyclic) bond motifs is 1. The second-order valence-electron chi connectivity index (χ2n) is 9.11. The largest absolute Gasteiger partial charge is 0.489 e. The smallest absolute Gasteiger partial charge is 0.201 e. The maximum Gasteiger partial charge on any atom is 0.201 e. The van der Waals surface area contributed by atoms with Gasteiger partial charge in [-0.2, -0.15) is 4.39 Å². The topological polar surface area (TPSA) is 84.9 Å². The van der Waals surface area contributed by atoms with Crippen molar-refractivity contribution in [2.75, 3.05) is 41.3 Å². The zero-order valence-corrected chi connectivity index (χ0v) is 22.1. The predicted octanol–water partition coefficient (Wildman–Crippen LogP) is 3.80. The van der Waals surface area contributed by atoms with Gasteiger partial charge in [0.2, 0.25) is 5.82 Å². The highest BCUT2D eigenvalue weighted by atomic mass is 19.2. The average molecular weight is 512 g/mol. The first-order chi connectivity index (χ1) is 17.7. The van der Waals surface area contributed by atoms with Crippen LogP contribution in [-0.4, -0.2) is 62.3 Å². The van der Waals surface area contributed by atoms with Gasteiger partial charge in [0.25, 0.3) is 0 Å². The average Bonchev–Trinajstić information content (AvgIpc) is 3.10. The molecule has 0 amide bonds. The number of ether oxygens (including phenoxy) is 1. The molecular formula is C28H35F2N5O2. The van der Waals surface area contributed by atoms with Crippen molar-refractivity contribution >= 4 is 23.3 Å². The van der Waals surface area contributed by atoms with Gasteiger partial charge in [0, 0.05) is 66.4 Å². The Hall–Kier alpha value is -3.56. The number of likely N-dealkylation sites (N-methyl/N-ethyl adjacent to an activating group) is 1. The monoisotopic (exact) mass is 511 g/mol. The summed E-state index contributed by atoms with van der Waals surface area (Å²) in [5.74, 6) is -2.50. The highest BCUT2D eigenvalue weighted by molar-refractivity contribution is 6.07. The Labute approximate surface area is 217 Å². The lowest BCUT2D eigenvalue weighted by molar-refractivity contribution is -0.116. The molecule has 0 fully saturated rings. The number of allylic oxidation sites excluding steroid dienone is 3. The highest BCUT2D eigenvalue weighted by Gasteiger charge is 2.20. The number of aliphatic imine (C=N–C) groups is 1. The maximum atomic E-state index is 15.0. The molecule has 3 N–H and O–H groups in total. The molecule has 1 aliphatic heterocycles. The summed E-state index contributed by atoms with van der Waals surface area (Å²) in [5, 5.41) is 3.15. The molecule has 0 radical (unpaired) electrons. The van der Waals surface area contributed by atoms with Crippen LogP contribution in [0.3, 0.4) is 0 Å². The number of ketones is 1. The number of nitrogens with two attached hydrogens (primary N) is 1. The normalized spacial score (nSPS) is 14.3. The Kier molecular flexibility index (Phi) is 9.54. The summed E-state index contributed by atoms with van der Waals surface area (Å²) in [6, 6.07) is 6.70. The second kappa shape index (κ2) is 12.6. The highest BCUT2D eigenvalue weighted by Crippen LogP contribution is 2.34. The summed E-state index contributed by atoms with van der Waals surface area (Å²) < 4.78 is 37.2. The fourth-order valence-electron chi connectivity index (χ4n) is 4.18. The fraction of sp³-hybridized carbons (Fsp3) is 0.357. The van der Waals surface area contributed by atoms with Crippen LogP contribution in [0.15, 0.2) is 52.7 Å². The molecule has 198 valence electrons. The molecule has 2 aromatic rings. The molecule has 0 saturated carbocycles. The molecule has 1 aromatic carbocycles. The molecule has 3 rings (SSSR count). The lowest BCUT2D eigenvalue weighted by Gasteiger charge is -2.17.